The van der Waals surface area contributed by atoms with Gasteiger partial charge in [0.2, 0.25) is 0 Å². The molecule has 11 heavy (non-hydrogen) atoms. The van der Waals surface area contributed by atoms with Crippen molar-refractivity contribution in [2.75, 3.05) is 20.7 Å². The summed E-state index contributed by atoms with van der Waals surface area (Å²) in [4.78, 5) is 2.40. The number of rotatable bonds is 2. The van der Waals surface area contributed by atoms with Gasteiger partial charge >= 0.3 is 0 Å². The molecule has 0 amide bonds. The zero-order valence-corrected chi connectivity index (χ0v) is 8.00. The second-order valence-corrected chi connectivity index (χ2v) is 3.78. The average molecular weight is 157 g/mol. The van der Waals surface area contributed by atoms with Crippen LogP contribution in [-0.4, -0.2) is 37.7 Å². The van der Waals surface area contributed by atoms with Crippen molar-refractivity contribution in [1.29, 1.82) is 0 Å². The summed E-state index contributed by atoms with van der Waals surface area (Å²) >= 11 is 0. The number of nitrogens with zero attached hydrogens (tertiary/aromatic N) is 1. The van der Waals surface area contributed by atoms with E-state index in [1.807, 2.05) is 7.11 Å². The standard InChI is InChI=1S/C9H19NO/c1-7(2)9-8(11-4)5-6-10(9)3/h7-9H,5-6H2,1-4H3/t8-,9+/m0/s1. The molecule has 2 atom stereocenters. The second kappa shape index (κ2) is 3.55. The van der Waals surface area contributed by atoms with E-state index in [0.717, 1.165) is 0 Å². The summed E-state index contributed by atoms with van der Waals surface area (Å²) in [7, 11) is 4.00. The molecule has 0 aromatic carbocycles. The lowest BCUT2D eigenvalue weighted by atomic mass is 10.00. The predicted octanol–water partition coefficient (Wildman–Crippen LogP) is 1.36. The van der Waals surface area contributed by atoms with E-state index in [2.05, 4.69) is 25.8 Å². The molecule has 0 radical (unpaired) electrons. The van der Waals surface area contributed by atoms with Crippen LogP contribution in [0.2, 0.25) is 0 Å². The van der Waals surface area contributed by atoms with Crippen LogP contribution in [-0.2, 0) is 4.74 Å². The lowest BCUT2D eigenvalue weighted by Gasteiger charge is -2.27. The van der Waals surface area contributed by atoms with E-state index in [1.54, 1.807) is 0 Å². The van der Waals surface area contributed by atoms with Crippen molar-refractivity contribution in [3.05, 3.63) is 0 Å². The van der Waals surface area contributed by atoms with E-state index in [0.29, 0.717) is 18.1 Å². The fourth-order valence-electron chi connectivity index (χ4n) is 2.13. The van der Waals surface area contributed by atoms with E-state index in [1.165, 1.54) is 13.0 Å². The summed E-state index contributed by atoms with van der Waals surface area (Å²) in [5.74, 6) is 0.701. The van der Waals surface area contributed by atoms with Crippen LogP contribution in [0.5, 0.6) is 0 Å². The first-order valence-corrected chi connectivity index (χ1v) is 4.40. The van der Waals surface area contributed by atoms with Crippen molar-refractivity contribution in [2.24, 2.45) is 5.92 Å². The predicted molar refractivity (Wildman–Crippen MR) is 46.7 cm³/mol. The maximum absolute atomic E-state index is 5.41. The van der Waals surface area contributed by atoms with Gasteiger partial charge in [-0.2, -0.15) is 0 Å². The highest BCUT2D eigenvalue weighted by Gasteiger charge is 2.33. The molecule has 0 spiro atoms. The first-order chi connectivity index (χ1) is 5.16. The molecule has 1 rings (SSSR count). The number of hydrogen-bond donors (Lipinski definition) is 0. The molecule has 1 fully saturated rings. The Morgan fingerprint density at radius 1 is 1.45 bits per heavy atom. The molecule has 1 aliphatic heterocycles. The topological polar surface area (TPSA) is 12.5 Å². The smallest absolute Gasteiger partial charge is 0.0741 e. The van der Waals surface area contributed by atoms with Gasteiger partial charge in [-0.25, -0.2) is 0 Å². The Morgan fingerprint density at radius 2 is 2.09 bits per heavy atom. The summed E-state index contributed by atoms with van der Waals surface area (Å²) in [6.45, 7) is 5.71. The van der Waals surface area contributed by atoms with Gasteiger partial charge in [0.1, 0.15) is 0 Å². The molecule has 0 aliphatic carbocycles. The Hall–Kier alpha value is -0.0800. The molecule has 1 heterocycles. The number of methoxy groups -OCH3 is 1. The third-order valence-corrected chi connectivity index (χ3v) is 2.64. The van der Waals surface area contributed by atoms with Gasteiger partial charge < -0.3 is 9.64 Å². The van der Waals surface area contributed by atoms with Crippen molar-refractivity contribution in [3.63, 3.8) is 0 Å². The molecule has 0 unspecified atom stereocenters. The summed E-state index contributed by atoms with van der Waals surface area (Å²) in [5.41, 5.74) is 0. The maximum atomic E-state index is 5.41. The highest BCUT2D eigenvalue weighted by molar-refractivity contribution is 4.87. The molecular weight excluding hydrogens is 138 g/mol. The summed E-state index contributed by atoms with van der Waals surface area (Å²) in [6, 6.07) is 0.625. The van der Waals surface area contributed by atoms with Crippen LogP contribution >= 0.6 is 0 Å². The first kappa shape index (κ1) is 9.01. The highest BCUT2D eigenvalue weighted by atomic mass is 16.5. The molecule has 0 N–H and O–H groups in total. The van der Waals surface area contributed by atoms with E-state index >= 15 is 0 Å². The molecule has 2 heteroatoms. The fourth-order valence-corrected chi connectivity index (χ4v) is 2.13. The minimum absolute atomic E-state index is 0.458. The van der Waals surface area contributed by atoms with Crippen molar-refractivity contribution >= 4 is 0 Å². The maximum Gasteiger partial charge on any atom is 0.0741 e. The zero-order chi connectivity index (χ0) is 8.43. The van der Waals surface area contributed by atoms with Gasteiger partial charge in [-0.05, 0) is 19.4 Å². The van der Waals surface area contributed by atoms with Crippen molar-refractivity contribution in [2.45, 2.75) is 32.4 Å². The first-order valence-electron chi connectivity index (χ1n) is 4.40. The van der Waals surface area contributed by atoms with Crippen LogP contribution in [0.3, 0.4) is 0 Å². The van der Waals surface area contributed by atoms with Crippen molar-refractivity contribution < 1.29 is 4.74 Å². The molecule has 66 valence electrons. The molecule has 0 aromatic heterocycles. The van der Waals surface area contributed by atoms with Crippen LogP contribution in [0, 0.1) is 5.92 Å². The third kappa shape index (κ3) is 1.74. The Kier molecular flexibility index (Phi) is 2.90. The van der Waals surface area contributed by atoms with Gasteiger partial charge in [0.05, 0.1) is 6.10 Å². The number of likely N-dealkylation sites (tertiary alicyclic amines) is 1. The molecule has 1 aliphatic rings. The lowest BCUT2D eigenvalue weighted by molar-refractivity contribution is 0.0531. The van der Waals surface area contributed by atoms with E-state index < -0.39 is 0 Å². The van der Waals surface area contributed by atoms with Gasteiger partial charge in [-0.15, -0.1) is 0 Å². The van der Waals surface area contributed by atoms with E-state index in [9.17, 15) is 0 Å². The monoisotopic (exact) mass is 157 g/mol. The Morgan fingerprint density at radius 3 is 2.45 bits per heavy atom. The van der Waals surface area contributed by atoms with E-state index in [4.69, 9.17) is 4.74 Å². The molecule has 0 bridgehead atoms. The quantitative estimate of drug-likeness (QED) is 0.600. The lowest BCUT2D eigenvalue weighted by Crippen LogP contribution is -2.37. The number of hydrogen-bond acceptors (Lipinski definition) is 2. The van der Waals surface area contributed by atoms with Gasteiger partial charge in [0, 0.05) is 19.7 Å². The van der Waals surface area contributed by atoms with Crippen LogP contribution in [0.15, 0.2) is 0 Å². The van der Waals surface area contributed by atoms with Crippen LogP contribution in [0.25, 0.3) is 0 Å². The Bertz CT molecular complexity index is 125. The Balaban J connectivity index is 2.56. The third-order valence-electron chi connectivity index (χ3n) is 2.64. The fraction of sp³-hybridized carbons (Fsp3) is 1.00. The SMILES string of the molecule is CO[C@H]1CCN(C)[C@@H]1C(C)C. The largest absolute Gasteiger partial charge is 0.380 e. The van der Waals surface area contributed by atoms with Gasteiger partial charge in [0.15, 0.2) is 0 Å². The molecule has 0 aromatic rings. The molecular formula is C9H19NO. The van der Waals surface area contributed by atoms with Gasteiger partial charge in [0.25, 0.3) is 0 Å². The van der Waals surface area contributed by atoms with Crippen LogP contribution < -0.4 is 0 Å². The zero-order valence-electron chi connectivity index (χ0n) is 8.00. The van der Waals surface area contributed by atoms with Gasteiger partial charge in [-0.1, -0.05) is 13.8 Å². The summed E-state index contributed by atoms with van der Waals surface area (Å²) < 4.78 is 5.41. The summed E-state index contributed by atoms with van der Waals surface area (Å²) in [6.07, 6.45) is 1.65. The normalized spacial score (nSPS) is 33.5. The van der Waals surface area contributed by atoms with Gasteiger partial charge in [-0.3, -0.25) is 0 Å². The molecule has 0 saturated carbocycles. The molecule has 2 nitrogen and oxygen atoms in total. The van der Waals surface area contributed by atoms with Crippen LogP contribution in [0.4, 0.5) is 0 Å². The van der Waals surface area contributed by atoms with Crippen LogP contribution in [0.1, 0.15) is 20.3 Å². The highest BCUT2D eigenvalue weighted by Crippen LogP contribution is 2.24. The number of ether oxygens (including phenoxy) is 1. The summed E-state index contributed by atoms with van der Waals surface area (Å²) in [5, 5.41) is 0. The minimum atomic E-state index is 0.458. The number of likely N-dealkylation sites (N-methyl/N-ethyl adjacent to an activating group) is 1. The molecule has 1 saturated heterocycles. The minimum Gasteiger partial charge on any atom is -0.380 e. The van der Waals surface area contributed by atoms with Crippen molar-refractivity contribution in [1.82, 2.24) is 4.90 Å². The Labute approximate surface area is 69.5 Å². The second-order valence-electron chi connectivity index (χ2n) is 3.78. The van der Waals surface area contributed by atoms with E-state index in [-0.39, 0.29) is 0 Å². The average Bonchev–Trinajstić information content (AvgIpc) is 2.30. The van der Waals surface area contributed by atoms with Crippen molar-refractivity contribution in [3.8, 4) is 0 Å².